The van der Waals surface area contributed by atoms with E-state index in [0.717, 1.165) is 32.7 Å². The van der Waals surface area contributed by atoms with Gasteiger partial charge in [0, 0.05) is 28.4 Å². The Morgan fingerprint density at radius 3 is 2.52 bits per heavy atom. The van der Waals surface area contributed by atoms with Crippen molar-refractivity contribution in [3.63, 3.8) is 0 Å². The molecule has 0 aliphatic heterocycles. The molecule has 0 unspecified atom stereocenters. The van der Waals surface area contributed by atoms with Crippen molar-refractivity contribution in [3.05, 3.63) is 74.5 Å². The Balaban J connectivity index is 1.81. The fourth-order valence-electron chi connectivity index (χ4n) is 2.14. The van der Waals surface area contributed by atoms with E-state index in [4.69, 9.17) is 10.7 Å². The zero-order valence-electron chi connectivity index (χ0n) is 11.4. The van der Waals surface area contributed by atoms with Crippen LogP contribution in [0, 0.1) is 0 Å². The molecular weight excluding hydrogens is 344 g/mol. The van der Waals surface area contributed by atoms with Crippen LogP contribution in [0.3, 0.4) is 0 Å². The van der Waals surface area contributed by atoms with Gasteiger partial charge in [-0.1, -0.05) is 58.4 Å². The summed E-state index contributed by atoms with van der Waals surface area (Å²) in [4.78, 5) is 4.74. The Bertz CT molecular complexity index is 735. The summed E-state index contributed by atoms with van der Waals surface area (Å²) >= 11 is 5.29. The van der Waals surface area contributed by atoms with E-state index in [9.17, 15) is 0 Å². The summed E-state index contributed by atoms with van der Waals surface area (Å²) in [5.41, 5.74) is 10.2. The van der Waals surface area contributed by atoms with Gasteiger partial charge in [-0.15, -0.1) is 11.3 Å². The second kappa shape index (κ2) is 6.52. The lowest BCUT2D eigenvalue weighted by atomic mass is 10.1. The number of aromatic nitrogens is 1. The predicted octanol–water partition coefficient (Wildman–Crippen LogP) is 4.62. The second-order valence-corrected chi connectivity index (χ2v) is 6.59. The van der Waals surface area contributed by atoms with Crippen LogP contribution in [0.4, 0.5) is 0 Å². The molecule has 1 heterocycles. The van der Waals surface area contributed by atoms with Gasteiger partial charge in [-0.05, 0) is 17.2 Å². The number of rotatable bonds is 4. The molecule has 0 spiro atoms. The normalized spacial score (nSPS) is 10.8. The summed E-state index contributed by atoms with van der Waals surface area (Å²) in [6, 6.07) is 16.6. The average molecular weight is 359 g/mol. The first-order valence-electron chi connectivity index (χ1n) is 6.73. The Labute approximate surface area is 136 Å². The van der Waals surface area contributed by atoms with Crippen molar-refractivity contribution in [1.82, 2.24) is 4.98 Å². The van der Waals surface area contributed by atoms with E-state index in [0.29, 0.717) is 6.54 Å². The van der Waals surface area contributed by atoms with Crippen molar-refractivity contribution in [2.75, 3.05) is 0 Å². The van der Waals surface area contributed by atoms with Crippen LogP contribution in [0.5, 0.6) is 0 Å². The highest BCUT2D eigenvalue weighted by Gasteiger charge is 2.07. The van der Waals surface area contributed by atoms with Crippen LogP contribution in [-0.2, 0) is 13.0 Å². The van der Waals surface area contributed by atoms with E-state index in [2.05, 4.69) is 63.8 Å². The molecule has 1 aromatic heterocycles. The predicted molar refractivity (Wildman–Crippen MR) is 92.4 cm³/mol. The molecule has 3 aromatic rings. The van der Waals surface area contributed by atoms with Crippen molar-refractivity contribution in [1.29, 1.82) is 0 Å². The number of benzene rings is 2. The van der Waals surface area contributed by atoms with Crippen LogP contribution >= 0.6 is 27.3 Å². The molecule has 0 saturated heterocycles. The van der Waals surface area contributed by atoms with Gasteiger partial charge in [-0.3, -0.25) is 0 Å². The Hall–Kier alpha value is -1.49. The van der Waals surface area contributed by atoms with Gasteiger partial charge in [-0.25, -0.2) is 4.98 Å². The Morgan fingerprint density at radius 1 is 1.05 bits per heavy atom. The first-order chi connectivity index (χ1) is 10.3. The van der Waals surface area contributed by atoms with Crippen LogP contribution in [0.1, 0.15) is 16.1 Å². The maximum Gasteiger partial charge on any atom is 0.0976 e. The summed E-state index contributed by atoms with van der Waals surface area (Å²) in [6.07, 6.45) is 0.854. The first-order valence-corrected chi connectivity index (χ1v) is 8.40. The fourth-order valence-corrected chi connectivity index (χ4v) is 3.39. The lowest BCUT2D eigenvalue weighted by Crippen LogP contribution is -1.95. The van der Waals surface area contributed by atoms with Crippen LogP contribution in [0.15, 0.2) is 58.4 Å². The molecule has 4 heteroatoms. The van der Waals surface area contributed by atoms with Crippen molar-refractivity contribution in [2.24, 2.45) is 5.73 Å². The van der Waals surface area contributed by atoms with E-state index in [-0.39, 0.29) is 0 Å². The van der Waals surface area contributed by atoms with Crippen LogP contribution in [0.2, 0.25) is 0 Å². The maximum atomic E-state index is 5.62. The second-order valence-electron chi connectivity index (χ2n) is 4.80. The zero-order chi connectivity index (χ0) is 14.7. The third-order valence-corrected chi connectivity index (χ3v) is 4.96. The van der Waals surface area contributed by atoms with Gasteiger partial charge in [0.2, 0.25) is 0 Å². The minimum atomic E-state index is 0.574. The number of nitrogens with zero attached hydrogens (tertiary/aromatic N) is 1. The van der Waals surface area contributed by atoms with E-state index >= 15 is 0 Å². The van der Waals surface area contributed by atoms with Gasteiger partial charge in [0.15, 0.2) is 0 Å². The highest BCUT2D eigenvalue weighted by atomic mass is 79.9. The monoisotopic (exact) mass is 358 g/mol. The van der Waals surface area contributed by atoms with Gasteiger partial charge in [0.05, 0.1) is 10.7 Å². The Morgan fingerprint density at radius 2 is 1.81 bits per heavy atom. The molecule has 2 aromatic carbocycles. The minimum Gasteiger partial charge on any atom is -0.326 e. The molecule has 0 atom stereocenters. The average Bonchev–Trinajstić information content (AvgIpc) is 2.98. The molecule has 3 rings (SSSR count). The topological polar surface area (TPSA) is 38.9 Å². The van der Waals surface area contributed by atoms with Crippen molar-refractivity contribution >= 4 is 27.3 Å². The zero-order valence-corrected chi connectivity index (χ0v) is 13.8. The van der Waals surface area contributed by atoms with Gasteiger partial charge < -0.3 is 5.73 Å². The van der Waals surface area contributed by atoms with Crippen molar-refractivity contribution in [2.45, 2.75) is 13.0 Å². The summed E-state index contributed by atoms with van der Waals surface area (Å²) in [6.45, 7) is 0.574. The lowest BCUT2D eigenvalue weighted by Gasteiger charge is -2.01. The molecule has 0 amide bonds. The highest BCUT2D eigenvalue weighted by molar-refractivity contribution is 9.10. The van der Waals surface area contributed by atoms with Gasteiger partial charge in [0.25, 0.3) is 0 Å². The number of halogens is 1. The van der Waals surface area contributed by atoms with E-state index in [1.807, 2.05) is 6.07 Å². The third-order valence-electron chi connectivity index (χ3n) is 3.34. The molecule has 0 saturated carbocycles. The summed E-state index contributed by atoms with van der Waals surface area (Å²) in [7, 11) is 0. The van der Waals surface area contributed by atoms with Crippen molar-refractivity contribution in [3.8, 4) is 11.3 Å². The molecule has 21 heavy (non-hydrogen) atoms. The highest BCUT2D eigenvalue weighted by Crippen LogP contribution is 2.26. The van der Waals surface area contributed by atoms with E-state index in [1.54, 1.807) is 11.3 Å². The summed E-state index contributed by atoms with van der Waals surface area (Å²) in [5, 5.41) is 3.24. The number of hydrogen-bond donors (Lipinski definition) is 1. The van der Waals surface area contributed by atoms with Gasteiger partial charge in [0.1, 0.15) is 0 Å². The molecule has 0 bridgehead atoms. The number of nitrogens with two attached hydrogens (primary N) is 1. The molecule has 0 radical (unpaired) electrons. The fraction of sp³-hybridized carbons (Fsp3) is 0.118. The minimum absolute atomic E-state index is 0.574. The summed E-state index contributed by atoms with van der Waals surface area (Å²) in [5.74, 6) is 0. The molecule has 2 nitrogen and oxygen atoms in total. The van der Waals surface area contributed by atoms with Crippen LogP contribution < -0.4 is 5.73 Å². The first kappa shape index (κ1) is 14.4. The standard InChI is InChI=1S/C17H15BrN2S/c18-15-4-2-1-3-14(15)9-17-20-16(11-21-17)13-7-5-12(10-19)6-8-13/h1-8,11H,9-10,19H2. The molecule has 0 aliphatic carbocycles. The number of hydrogen-bond acceptors (Lipinski definition) is 3. The SMILES string of the molecule is NCc1ccc(-c2csc(Cc3ccccc3Br)n2)cc1. The van der Waals surface area contributed by atoms with Crippen molar-refractivity contribution < 1.29 is 0 Å². The van der Waals surface area contributed by atoms with E-state index < -0.39 is 0 Å². The third kappa shape index (κ3) is 3.40. The smallest absolute Gasteiger partial charge is 0.0976 e. The molecule has 0 aliphatic rings. The van der Waals surface area contributed by atoms with Gasteiger partial charge in [-0.2, -0.15) is 0 Å². The molecule has 106 valence electrons. The largest absolute Gasteiger partial charge is 0.326 e. The lowest BCUT2D eigenvalue weighted by molar-refractivity contribution is 1.07. The van der Waals surface area contributed by atoms with Crippen LogP contribution in [0.25, 0.3) is 11.3 Å². The van der Waals surface area contributed by atoms with Gasteiger partial charge >= 0.3 is 0 Å². The van der Waals surface area contributed by atoms with E-state index in [1.165, 1.54) is 5.56 Å². The summed E-state index contributed by atoms with van der Waals surface area (Å²) < 4.78 is 1.13. The Kier molecular flexibility index (Phi) is 4.48. The quantitative estimate of drug-likeness (QED) is 0.738. The molecular formula is C17H15BrN2S. The van der Waals surface area contributed by atoms with Crippen LogP contribution in [-0.4, -0.2) is 4.98 Å². The molecule has 2 N–H and O–H groups in total. The maximum absolute atomic E-state index is 5.62. The molecule has 0 fully saturated rings. The number of thiazole rings is 1.